The molecule has 0 bridgehead atoms. The van der Waals surface area contributed by atoms with E-state index in [1.54, 1.807) is 0 Å². The van der Waals surface area contributed by atoms with Gasteiger partial charge in [0, 0.05) is 12.1 Å². The molecule has 0 heterocycles. The average Bonchev–Trinajstić information content (AvgIpc) is 2.24. The van der Waals surface area contributed by atoms with Crippen molar-refractivity contribution in [1.82, 2.24) is 5.32 Å². The first-order valence-corrected chi connectivity index (χ1v) is 5.17. The highest BCUT2D eigenvalue weighted by molar-refractivity contribution is 5.83. The van der Waals surface area contributed by atoms with Gasteiger partial charge >= 0.3 is 0 Å². The van der Waals surface area contributed by atoms with Gasteiger partial charge in [0.15, 0.2) is 0 Å². The fourth-order valence-electron chi connectivity index (χ4n) is 1.28. The number of methoxy groups -OCH3 is 1. The van der Waals surface area contributed by atoms with Gasteiger partial charge < -0.3 is 15.2 Å². The van der Waals surface area contributed by atoms with Crippen molar-refractivity contribution in [3.63, 3.8) is 0 Å². The maximum atomic E-state index is 13.0. The third-order valence-electron chi connectivity index (χ3n) is 2.24. The molecular weight excluding hydrogens is 225 g/mol. The molecule has 0 radical (unpaired) electrons. The van der Waals surface area contributed by atoms with Crippen LogP contribution in [0.2, 0.25) is 0 Å². The summed E-state index contributed by atoms with van der Waals surface area (Å²) in [6, 6.07) is 4.05. The van der Waals surface area contributed by atoms with E-state index in [2.05, 4.69) is 5.32 Å². The molecule has 0 atom stereocenters. The molecule has 5 heteroatoms. The minimum absolute atomic E-state index is 0.101. The molecule has 94 valence electrons. The van der Waals surface area contributed by atoms with Crippen LogP contribution in [0.25, 0.3) is 0 Å². The van der Waals surface area contributed by atoms with Crippen LogP contribution in [0, 0.1) is 5.82 Å². The van der Waals surface area contributed by atoms with Crippen LogP contribution in [0.1, 0.15) is 19.4 Å². The second kappa shape index (κ2) is 5.14. The first-order chi connectivity index (χ1) is 7.84. The van der Waals surface area contributed by atoms with Crippen molar-refractivity contribution in [2.45, 2.75) is 26.0 Å². The summed E-state index contributed by atoms with van der Waals surface area (Å²) in [5, 5.41) is 11.9. The Morgan fingerprint density at radius 2 is 2.18 bits per heavy atom. The van der Waals surface area contributed by atoms with E-state index in [-0.39, 0.29) is 6.54 Å². The van der Waals surface area contributed by atoms with Gasteiger partial charge in [0.05, 0.1) is 7.11 Å². The molecule has 4 nitrogen and oxygen atoms in total. The van der Waals surface area contributed by atoms with Gasteiger partial charge in [0.1, 0.15) is 17.2 Å². The molecule has 0 fully saturated rings. The summed E-state index contributed by atoms with van der Waals surface area (Å²) in [5.74, 6) is -0.440. The Balaban J connectivity index is 2.75. The number of hydrogen-bond acceptors (Lipinski definition) is 3. The fourth-order valence-corrected chi connectivity index (χ4v) is 1.28. The highest BCUT2D eigenvalue weighted by Crippen LogP contribution is 2.19. The molecule has 0 aromatic heterocycles. The van der Waals surface area contributed by atoms with Gasteiger partial charge in [-0.15, -0.1) is 0 Å². The summed E-state index contributed by atoms with van der Waals surface area (Å²) in [6.45, 7) is 2.86. The number of benzene rings is 1. The molecule has 0 saturated carbocycles. The topological polar surface area (TPSA) is 58.6 Å². The predicted molar refractivity (Wildman–Crippen MR) is 61.1 cm³/mol. The van der Waals surface area contributed by atoms with E-state index in [4.69, 9.17) is 4.74 Å². The Labute approximate surface area is 99.4 Å². The zero-order chi connectivity index (χ0) is 13.1. The molecule has 1 rings (SSSR count). The summed E-state index contributed by atoms with van der Waals surface area (Å²) in [4.78, 5) is 11.4. The zero-order valence-corrected chi connectivity index (χ0v) is 10.1. The van der Waals surface area contributed by atoms with E-state index in [9.17, 15) is 14.3 Å². The second-order valence-corrected chi connectivity index (χ2v) is 4.20. The number of ether oxygens (including phenoxy) is 1. The smallest absolute Gasteiger partial charge is 0.251 e. The number of amides is 1. The Bertz CT molecular complexity index is 413. The summed E-state index contributed by atoms with van der Waals surface area (Å²) >= 11 is 0. The number of hydrogen-bond donors (Lipinski definition) is 2. The molecule has 0 spiro atoms. The molecule has 17 heavy (non-hydrogen) atoms. The van der Waals surface area contributed by atoms with Crippen LogP contribution in [0.3, 0.4) is 0 Å². The normalized spacial score (nSPS) is 11.1. The SMILES string of the molecule is COc1ccc(F)cc1CNC(=O)C(C)(C)O. The van der Waals surface area contributed by atoms with Crippen molar-refractivity contribution in [3.8, 4) is 5.75 Å². The lowest BCUT2D eigenvalue weighted by Crippen LogP contribution is -2.41. The second-order valence-electron chi connectivity index (χ2n) is 4.20. The summed E-state index contributed by atoms with van der Waals surface area (Å²) in [6.07, 6.45) is 0. The van der Waals surface area contributed by atoms with E-state index in [0.717, 1.165) is 0 Å². The van der Waals surface area contributed by atoms with Crippen LogP contribution in [0.5, 0.6) is 5.75 Å². The van der Waals surface area contributed by atoms with E-state index in [1.165, 1.54) is 39.2 Å². The molecule has 1 aromatic carbocycles. The van der Waals surface area contributed by atoms with Gasteiger partial charge in [-0.2, -0.15) is 0 Å². The van der Waals surface area contributed by atoms with Crippen LogP contribution in [-0.4, -0.2) is 23.7 Å². The molecule has 1 aromatic rings. The van der Waals surface area contributed by atoms with Crippen molar-refractivity contribution in [3.05, 3.63) is 29.6 Å². The zero-order valence-electron chi connectivity index (χ0n) is 10.1. The molecule has 0 aliphatic rings. The van der Waals surface area contributed by atoms with Crippen LogP contribution in [-0.2, 0) is 11.3 Å². The first kappa shape index (κ1) is 13.4. The molecule has 2 N–H and O–H groups in total. The minimum atomic E-state index is -1.46. The molecule has 0 unspecified atom stereocenters. The molecular formula is C12H16FNO3. The van der Waals surface area contributed by atoms with E-state index in [0.29, 0.717) is 11.3 Å². The number of carbonyl (C=O) groups is 1. The van der Waals surface area contributed by atoms with Crippen LogP contribution in [0.15, 0.2) is 18.2 Å². The largest absolute Gasteiger partial charge is 0.496 e. The highest BCUT2D eigenvalue weighted by Gasteiger charge is 2.23. The first-order valence-electron chi connectivity index (χ1n) is 5.17. The lowest BCUT2D eigenvalue weighted by Gasteiger charge is -2.17. The van der Waals surface area contributed by atoms with Gasteiger partial charge in [-0.25, -0.2) is 4.39 Å². The number of rotatable bonds is 4. The monoisotopic (exact) mass is 241 g/mol. The number of carbonyl (C=O) groups excluding carboxylic acids is 1. The van der Waals surface area contributed by atoms with E-state index >= 15 is 0 Å². The maximum Gasteiger partial charge on any atom is 0.251 e. The van der Waals surface area contributed by atoms with Gasteiger partial charge in [-0.1, -0.05) is 0 Å². The Morgan fingerprint density at radius 1 is 1.53 bits per heavy atom. The van der Waals surface area contributed by atoms with Gasteiger partial charge in [-0.3, -0.25) is 4.79 Å². The molecule has 0 aliphatic heterocycles. The number of aliphatic hydroxyl groups is 1. The lowest BCUT2D eigenvalue weighted by atomic mass is 10.1. The lowest BCUT2D eigenvalue weighted by molar-refractivity contribution is -0.136. The van der Waals surface area contributed by atoms with E-state index in [1.807, 2.05) is 0 Å². The van der Waals surface area contributed by atoms with Crippen LogP contribution < -0.4 is 10.1 Å². The Morgan fingerprint density at radius 3 is 2.71 bits per heavy atom. The summed E-state index contributed by atoms with van der Waals surface area (Å²) in [7, 11) is 1.47. The highest BCUT2D eigenvalue weighted by atomic mass is 19.1. The average molecular weight is 241 g/mol. The van der Waals surface area contributed by atoms with Crippen LogP contribution >= 0.6 is 0 Å². The Kier molecular flexibility index (Phi) is 4.07. The standard InChI is InChI=1S/C12H16FNO3/c1-12(2,16)11(15)14-7-8-6-9(13)4-5-10(8)17-3/h4-6,16H,7H2,1-3H3,(H,14,15). The van der Waals surface area contributed by atoms with Crippen molar-refractivity contribution in [2.24, 2.45) is 0 Å². The van der Waals surface area contributed by atoms with Gasteiger partial charge in [0.25, 0.3) is 5.91 Å². The summed E-state index contributed by atoms with van der Waals surface area (Å²) in [5.41, 5.74) is -0.939. The summed E-state index contributed by atoms with van der Waals surface area (Å²) < 4.78 is 18.1. The van der Waals surface area contributed by atoms with Gasteiger partial charge in [-0.05, 0) is 32.0 Å². The third-order valence-corrected chi connectivity index (χ3v) is 2.24. The van der Waals surface area contributed by atoms with Crippen molar-refractivity contribution < 1.29 is 19.0 Å². The van der Waals surface area contributed by atoms with Crippen LogP contribution in [0.4, 0.5) is 4.39 Å². The van der Waals surface area contributed by atoms with E-state index < -0.39 is 17.3 Å². The predicted octanol–water partition coefficient (Wildman–Crippen LogP) is 1.22. The van der Waals surface area contributed by atoms with Crippen molar-refractivity contribution in [1.29, 1.82) is 0 Å². The maximum absolute atomic E-state index is 13.0. The molecule has 1 amide bonds. The Hall–Kier alpha value is -1.62. The number of halogens is 1. The van der Waals surface area contributed by atoms with Gasteiger partial charge in [0.2, 0.25) is 0 Å². The molecule has 0 saturated heterocycles. The minimum Gasteiger partial charge on any atom is -0.496 e. The van der Waals surface area contributed by atoms with Crippen molar-refractivity contribution >= 4 is 5.91 Å². The fraction of sp³-hybridized carbons (Fsp3) is 0.417. The quantitative estimate of drug-likeness (QED) is 0.833. The molecule has 0 aliphatic carbocycles. The third kappa shape index (κ3) is 3.71. The van der Waals surface area contributed by atoms with Crippen molar-refractivity contribution in [2.75, 3.05) is 7.11 Å². The number of nitrogens with one attached hydrogen (secondary N) is 1.